The Bertz CT molecular complexity index is 271. The Morgan fingerprint density at radius 2 is 2.58 bits per heavy atom. The molecule has 0 saturated carbocycles. The molecule has 4 N–H and O–H groups in total. The highest BCUT2D eigenvalue weighted by atomic mass is 16.5. The number of methoxy groups -OCH3 is 1. The van der Waals surface area contributed by atoms with Gasteiger partial charge in [0, 0.05) is 7.11 Å². The van der Waals surface area contributed by atoms with Gasteiger partial charge in [0.1, 0.15) is 6.61 Å². The van der Waals surface area contributed by atoms with Crippen LogP contribution in [0.25, 0.3) is 0 Å². The topological polar surface area (TPSA) is 106 Å². The maximum absolute atomic E-state index is 10.9. The lowest BCUT2D eigenvalue weighted by Crippen LogP contribution is -2.17. The molecule has 12 heavy (non-hydrogen) atoms. The van der Waals surface area contributed by atoms with E-state index in [0.717, 1.165) is 0 Å². The van der Waals surface area contributed by atoms with Crippen molar-refractivity contribution in [2.24, 2.45) is 0 Å². The van der Waals surface area contributed by atoms with Gasteiger partial charge in [0.25, 0.3) is 5.91 Å². The van der Waals surface area contributed by atoms with Crippen LogP contribution in [-0.4, -0.2) is 34.8 Å². The van der Waals surface area contributed by atoms with Crippen LogP contribution < -0.4 is 11.1 Å². The quantitative estimate of drug-likeness (QED) is 0.539. The van der Waals surface area contributed by atoms with Crippen molar-refractivity contribution in [1.82, 2.24) is 15.2 Å². The van der Waals surface area contributed by atoms with Gasteiger partial charge in [0.2, 0.25) is 11.9 Å². The summed E-state index contributed by atoms with van der Waals surface area (Å²) in [4.78, 5) is 14.5. The predicted octanol–water partition coefficient (Wildman–Crippen LogP) is -1.03. The fourth-order valence-corrected chi connectivity index (χ4v) is 0.622. The molecule has 0 unspecified atom stereocenters. The molecular formula is C5H9N5O2. The number of ether oxygens (including phenoxy) is 1. The van der Waals surface area contributed by atoms with Crippen molar-refractivity contribution < 1.29 is 9.53 Å². The number of nitrogens with zero attached hydrogens (tertiary/aromatic N) is 2. The van der Waals surface area contributed by atoms with Crippen LogP contribution in [0.1, 0.15) is 0 Å². The average molecular weight is 171 g/mol. The van der Waals surface area contributed by atoms with E-state index in [1.165, 1.54) is 7.11 Å². The first-order chi connectivity index (χ1) is 5.72. The molecule has 7 heteroatoms. The Balaban J connectivity index is 2.46. The first-order valence-corrected chi connectivity index (χ1v) is 3.19. The van der Waals surface area contributed by atoms with E-state index in [2.05, 4.69) is 25.2 Å². The molecule has 7 nitrogen and oxygen atoms in total. The summed E-state index contributed by atoms with van der Waals surface area (Å²) in [5, 5.41) is 8.33. The fourth-order valence-electron chi connectivity index (χ4n) is 0.622. The van der Waals surface area contributed by atoms with E-state index in [1.54, 1.807) is 0 Å². The van der Waals surface area contributed by atoms with Crippen LogP contribution in [0.2, 0.25) is 0 Å². The second kappa shape index (κ2) is 3.67. The molecule has 0 aromatic carbocycles. The number of nitrogens with one attached hydrogen (secondary N) is 2. The Labute approximate surface area is 68.3 Å². The van der Waals surface area contributed by atoms with Crippen LogP contribution >= 0.6 is 0 Å². The monoisotopic (exact) mass is 171 g/mol. The molecule has 0 spiro atoms. The van der Waals surface area contributed by atoms with Gasteiger partial charge in [-0.25, -0.2) is 5.10 Å². The van der Waals surface area contributed by atoms with Crippen LogP contribution in [0.5, 0.6) is 0 Å². The van der Waals surface area contributed by atoms with Crippen molar-refractivity contribution in [3.05, 3.63) is 0 Å². The lowest BCUT2D eigenvalue weighted by atomic mass is 10.6. The zero-order chi connectivity index (χ0) is 8.97. The average Bonchev–Trinajstić information content (AvgIpc) is 2.36. The lowest BCUT2D eigenvalue weighted by Gasteiger charge is -1.96. The number of nitrogens with two attached hydrogens (primary N) is 1. The van der Waals surface area contributed by atoms with Gasteiger partial charge in [-0.15, -0.1) is 5.10 Å². The standard InChI is InChI=1S/C5H9N5O2/c1-12-2-3(11)7-5-8-4(6)9-10-5/h2H2,1H3,(H4,6,7,8,9,10,11). The minimum absolute atomic E-state index is 0.0333. The van der Waals surface area contributed by atoms with Gasteiger partial charge in [0.05, 0.1) is 0 Å². The lowest BCUT2D eigenvalue weighted by molar-refractivity contribution is -0.119. The number of rotatable bonds is 3. The molecule has 0 saturated heterocycles. The third kappa shape index (κ3) is 2.20. The smallest absolute Gasteiger partial charge is 0.252 e. The van der Waals surface area contributed by atoms with Gasteiger partial charge in [-0.1, -0.05) is 0 Å². The highest BCUT2D eigenvalue weighted by Gasteiger charge is 2.04. The number of hydrogen-bond donors (Lipinski definition) is 3. The summed E-state index contributed by atoms with van der Waals surface area (Å²) in [5.74, 6) is -0.0197. The summed E-state index contributed by atoms with van der Waals surface area (Å²) in [6, 6.07) is 0. The molecular weight excluding hydrogens is 162 g/mol. The maximum Gasteiger partial charge on any atom is 0.252 e. The van der Waals surface area contributed by atoms with Crippen LogP contribution in [0, 0.1) is 0 Å². The Morgan fingerprint density at radius 1 is 1.83 bits per heavy atom. The summed E-state index contributed by atoms with van der Waals surface area (Å²) >= 11 is 0. The van der Waals surface area contributed by atoms with Crippen LogP contribution in [0.15, 0.2) is 0 Å². The second-order valence-electron chi connectivity index (χ2n) is 2.03. The van der Waals surface area contributed by atoms with Crippen LogP contribution in [0.4, 0.5) is 11.9 Å². The molecule has 0 atom stereocenters. The minimum Gasteiger partial charge on any atom is -0.375 e. The van der Waals surface area contributed by atoms with Gasteiger partial charge in [-0.3, -0.25) is 10.1 Å². The molecule has 1 aromatic heterocycles. The number of H-pyrrole nitrogens is 1. The summed E-state index contributed by atoms with van der Waals surface area (Å²) in [5.41, 5.74) is 5.22. The van der Waals surface area contributed by atoms with Gasteiger partial charge >= 0.3 is 0 Å². The largest absolute Gasteiger partial charge is 0.375 e. The Hall–Kier alpha value is -1.63. The molecule has 0 aliphatic rings. The molecule has 1 aromatic rings. The molecule has 1 rings (SSSR count). The van der Waals surface area contributed by atoms with Crippen molar-refractivity contribution in [3.8, 4) is 0 Å². The summed E-state index contributed by atoms with van der Waals surface area (Å²) in [6.45, 7) is -0.0333. The number of carbonyl (C=O) groups is 1. The SMILES string of the molecule is COCC(=O)Nc1n[nH]c(N)n1. The molecule has 0 aliphatic heterocycles. The van der Waals surface area contributed by atoms with E-state index in [1.807, 2.05) is 0 Å². The summed E-state index contributed by atoms with van der Waals surface area (Å²) in [7, 11) is 1.42. The highest BCUT2D eigenvalue weighted by molar-refractivity contribution is 5.89. The molecule has 0 radical (unpaired) electrons. The van der Waals surface area contributed by atoms with E-state index in [9.17, 15) is 4.79 Å². The molecule has 0 bridgehead atoms. The van der Waals surface area contributed by atoms with Crippen LogP contribution in [0.3, 0.4) is 0 Å². The Morgan fingerprint density at radius 3 is 3.08 bits per heavy atom. The molecule has 0 aliphatic carbocycles. The normalized spacial score (nSPS) is 9.75. The zero-order valence-electron chi connectivity index (χ0n) is 6.50. The first kappa shape index (κ1) is 8.47. The summed E-state index contributed by atoms with van der Waals surface area (Å²) < 4.78 is 4.57. The van der Waals surface area contributed by atoms with Crippen molar-refractivity contribution in [2.75, 3.05) is 24.8 Å². The zero-order valence-corrected chi connectivity index (χ0v) is 6.50. The second-order valence-corrected chi connectivity index (χ2v) is 2.03. The van der Waals surface area contributed by atoms with E-state index in [0.29, 0.717) is 0 Å². The van der Waals surface area contributed by atoms with Crippen molar-refractivity contribution >= 4 is 17.8 Å². The van der Waals surface area contributed by atoms with Crippen molar-refractivity contribution in [1.29, 1.82) is 0 Å². The molecule has 0 fully saturated rings. The molecule has 1 amide bonds. The summed E-state index contributed by atoms with van der Waals surface area (Å²) in [6.07, 6.45) is 0. The van der Waals surface area contributed by atoms with Crippen molar-refractivity contribution in [2.45, 2.75) is 0 Å². The number of nitrogen functional groups attached to an aromatic ring is 1. The van der Waals surface area contributed by atoms with Crippen LogP contribution in [-0.2, 0) is 9.53 Å². The van der Waals surface area contributed by atoms with Gasteiger partial charge < -0.3 is 10.5 Å². The first-order valence-electron chi connectivity index (χ1n) is 3.19. The number of hydrogen-bond acceptors (Lipinski definition) is 5. The fraction of sp³-hybridized carbons (Fsp3) is 0.400. The highest BCUT2D eigenvalue weighted by Crippen LogP contribution is 1.97. The third-order valence-corrected chi connectivity index (χ3v) is 1.03. The number of aromatic nitrogens is 3. The van der Waals surface area contributed by atoms with Gasteiger partial charge in [0.15, 0.2) is 0 Å². The van der Waals surface area contributed by atoms with Gasteiger partial charge in [-0.2, -0.15) is 4.98 Å². The van der Waals surface area contributed by atoms with E-state index in [-0.39, 0.29) is 24.4 Å². The predicted molar refractivity (Wildman–Crippen MR) is 41.3 cm³/mol. The number of anilines is 2. The van der Waals surface area contributed by atoms with Crippen molar-refractivity contribution in [3.63, 3.8) is 0 Å². The molecule has 1 heterocycles. The third-order valence-electron chi connectivity index (χ3n) is 1.03. The number of aromatic amines is 1. The van der Waals surface area contributed by atoms with E-state index in [4.69, 9.17) is 5.73 Å². The number of amides is 1. The molecule has 66 valence electrons. The maximum atomic E-state index is 10.9. The number of carbonyl (C=O) groups excluding carboxylic acids is 1. The van der Waals surface area contributed by atoms with E-state index < -0.39 is 0 Å². The van der Waals surface area contributed by atoms with E-state index >= 15 is 0 Å². The van der Waals surface area contributed by atoms with Gasteiger partial charge in [-0.05, 0) is 0 Å². The minimum atomic E-state index is -0.323. The Kier molecular flexibility index (Phi) is 2.59.